The molecule has 0 saturated carbocycles. The van der Waals surface area contributed by atoms with E-state index in [-0.39, 0.29) is 29.0 Å². The van der Waals surface area contributed by atoms with Crippen molar-refractivity contribution in [2.24, 2.45) is 0 Å². The summed E-state index contributed by atoms with van der Waals surface area (Å²) in [6, 6.07) is 7.09. The van der Waals surface area contributed by atoms with Gasteiger partial charge < -0.3 is 24.5 Å². The lowest BCUT2D eigenvalue weighted by atomic mass is 9.85. The predicted molar refractivity (Wildman–Crippen MR) is 148 cm³/mol. The van der Waals surface area contributed by atoms with Crippen molar-refractivity contribution in [1.82, 2.24) is 14.8 Å². The lowest BCUT2D eigenvalue weighted by Crippen LogP contribution is -2.42. The summed E-state index contributed by atoms with van der Waals surface area (Å²) in [4.78, 5) is 46.2. The number of amides is 1. The number of carbonyl (C=O) groups is 3. The number of aliphatic hydroxyl groups is 1. The molecule has 2 fully saturated rings. The topological polar surface area (TPSA) is 112 Å². The highest BCUT2D eigenvalue weighted by molar-refractivity contribution is 6.46. The quantitative estimate of drug-likeness (QED) is 0.239. The highest BCUT2D eigenvalue weighted by Crippen LogP contribution is 2.41. The molecule has 2 saturated heterocycles. The minimum absolute atomic E-state index is 0.0195. The maximum atomic E-state index is 13.5. The van der Waals surface area contributed by atoms with E-state index in [1.54, 1.807) is 25.7 Å². The monoisotopic (exact) mass is 537 g/mol. The van der Waals surface area contributed by atoms with Crippen molar-refractivity contribution in [3.05, 3.63) is 63.5 Å². The van der Waals surface area contributed by atoms with Gasteiger partial charge >= 0.3 is 5.97 Å². The van der Waals surface area contributed by atoms with Crippen LogP contribution in [0.15, 0.2) is 29.8 Å². The van der Waals surface area contributed by atoms with Crippen LogP contribution in [0.4, 0.5) is 0 Å². The van der Waals surface area contributed by atoms with Crippen LogP contribution in [0.1, 0.15) is 72.2 Å². The first-order valence-electron chi connectivity index (χ1n) is 13.5. The molecule has 9 heteroatoms. The van der Waals surface area contributed by atoms with E-state index in [2.05, 4.69) is 30.7 Å². The van der Waals surface area contributed by atoms with Gasteiger partial charge in [0.05, 0.1) is 31.4 Å². The Kier molecular flexibility index (Phi) is 8.32. The Labute approximate surface area is 229 Å². The number of morpholine rings is 1. The molecule has 1 unspecified atom stereocenters. The molecule has 1 atom stereocenters. The molecular formula is C30H39N3O6. The molecule has 2 aromatic rings. The number of esters is 1. The van der Waals surface area contributed by atoms with Gasteiger partial charge in [-0.15, -0.1) is 0 Å². The molecule has 0 spiro atoms. The van der Waals surface area contributed by atoms with Gasteiger partial charge in [-0.1, -0.05) is 45.0 Å². The number of ether oxygens (including phenoxy) is 2. The van der Waals surface area contributed by atoms with E-state index in [1.807, 2.05) is 24.3 Å². The Morgan fingerprint density at radius 3 is 2.33 bits per heavy atom. The van der Waals surface area contributed by atoms with Gasteiger partial charge in [0.25, 0.3) is 11.7 Å². The molecule has 3 heterocycles. The maximum Gasteiger partial charge on any atom is 0.355 e. The standard InChI is InChI=1S/C30H39N3O6/c1-7-39-29(37)24-18(2)22(19(3)31-24)26(34)23-25(20-8-10-21(11-9-20)30(4,5)6)33(28(36)27(23)35)13-12-32-14-16-38-17-15-32/h8-11,25,31,34H,7,12-17H2,1-6H3/b26-23+. The number of H-pyrrole nitrogens is 1. The van der Waals surface area contributed by atoms with Gasteiger partial charge in [0.1, 0.15) is 11.5 Å². The first-order valence-corrected chi connectivity index (χ1v) is 13.5. The highest BCUT2D eigenvalue weighted by atomic mass is 16.5. The Hall–Kier alpha value is -3.43. The molecule has 4 rings (SSSR count). The van der Waals surface area contributed by atoms with E-state index in [1.165, 1.54) is 0 Å². The average Bonchev–Trinajstić information content (AvgIpc) is 3.34. The van der Waals surface area contributed by atoms with Crippen molar-refractivity contribution in [2.45, 2.75) is 53.0 Å². The molecule has 0 aliphatic carbocycles. The van der Waals surface area contributed by atoms with Gasteiger partial charge in [0.15, 0.2) is 0 Å². The summed E-state index contributed by atoms with van der Waals surface area (Å²) in [6.07, 6.45) is 0. The summed E-state index contributed by atoms with van der Waals surface area (Å²) in [7, 11) is 0. The van der Waals surface area contributed by atoms with E-state index < -0.39 is 23.7 Å². The van der Waals surface area contributed by atoms with Crippen LogP contribution in [0.3, 0.4) is 0 Å². The fourth-order valence-corrected chi connectivity index (χ4v) is 5.34. The van der Waals surface area contributed by atoms with Crippen LogP contribution in [0.5, 0.6) is 0 Å². The van der Waals surface area contributed by atoms with Crippen LogP contribution >= 0.6 is 0 Å². The molecule has 1 amide bonds. The first kappa shape index (κ1) is 28.6. The number of Topliss-reactive ketones (excluding diaryl/α,β-unsaturated/α-hetero) is 1. The molecule has 2 aliphatic heterocycles. The zero-order valence-corrected chi connectivity index (χ0v) is 23.7. The number of ketones is 1. The van der Waals surface area contributed by atoms with Gasteiger partial charge in [-0.3, -0.25) is 14.5 Å². The summed E-state index contributed by atoms with van der Waals surface area (Å²) in [5, 5.41) is 11.6. The van der Waals surface area contributed by atoms with Crippen LogP contribution in [0.2, 0.25) is 0 Å². The Morgan fingerprint density at radius 2 is 1.74 bits per heavy atom. The normalized spacial score (nSPS) is 20.1. The van der Waals surface area contributed by atoms with Gasteiger partial charge in [-0.05, 0) is 42.9 Å². The number of hydrogen-bond acceptors (Lipinski definition) is 7. The van der Waals surface area contributed by atoms with Crippen molar-refractivity contribution in [3.8, 4) is 0 Å². The number of carbonyl (C=O) groups excluding carboxylic acids is 3. The highest BCUT2D eigenvalue weighted by Gasteiger charge is 2.46. The molecule has 39 heavy (non-hydrogen) atoms. The number of aromatic nitrogens is 1. The van der Waals surface area contributed by atoms with Crippen LogP contribution in [-0.4, -0.2) is 83.5 Å². The molecule has 9 nitrogen and oxygen atoms in total. The van der Waals surface area contributed by atoms with Gasteiger partial charge in [-0.2, -0.15) is 0 Å². The van der Waals surface area contributed by atoms with Gasteiger partial charge in [0.2, 0.25) is 0 Å². The van der Waals surface area contributed by atoms with Crippen molar-refractivity contribution >= 4 is 23.4 Å². The fourth-order valence-electron chi connectivity index (χ4n) is 5.34. The second-order valence-electron chi connectivity index (χ2n) is 11.2. The number of aliphatic hydroxyl groups excluding tert-OH is 1. The third kappa shape index (κ3) is 5.65. The van der Waals surface area contributed by atoms with E-state index in [0.29, 0.717) is 43.1 Å². The minimum atomic E-state index is -0.764. The molecule has 2 aliphatic rings. The van der Waals surface area contributed by atoms with Crippen molar-refractivity contribution in [2.75, 3.05) is 46.0 Å². The van der Waals surface area contributed by atoms with Crippen LogP contribution in [0.25, 0.3) is 5.76 Å². The summed E-state index contributed by atoms with van der Waals surface area (Å²) >= 11 is 0. The lowest BCUT2D eigenvalue weighted by Gasteiger charge is -2.31. The second-order valence-corrected chi connectivity index (χ2v) is 11.2. The smallest absolute Gasteiger partial charge is 0.355 e. The van der Waals surface area contributed by atoms with Gasteiger partial charge in [0, 0.05) is 37.4 Å². The summed E-state index contributed by atoms with van der Waals surface area (Å²) < 4.78 is 10.6. The van der Waals surface area contributed by atoms with Crippen LogP contribution in [0, 0.1) is 13.8 Å². The zero-order chi connectivity index (χ0) is 28.5. The summed E-state index contributed by atoms with van der Waals surface area (Å²) in [5.41, 5.74) is 3.32. The molecule has 0 radical (unpaired) electrons. The minimum Gasteiger partial charge on any atom is -0.507 e. The Balaban J connectivity index is 1.80. The number of aromatic amines is 1. The number of hydrogen-bond donors (Lipinski definition) is 2. The number of rotatable bonds is 7. The second kappa shape index (κ2) is 11.4. The summed E-state index contributed by atoms with van der Waals surface area (Å²) in [5.74, 6) is -2.23. The van der Waals surface area contributed by atoms with Crippen LogP contribution < -0.4 is 0 Å². The number of likely N-dealkylation sites (tertiary alicyclic amines) is 1. The lowest BCUT2D eigenvalue weighted by molar-refractivity contribution is -0.140. The van der Waals surface area contributed by atoms with Crippen molar-refractivity contribution in [1.29, 1.82) is 0 Å². The number of benzene rings is 1. The predicted octanol–water partition coefficient (Wildman–Crippen LogP) is 3.86. The molecule has 0 bridgehead atoms. The van der Waals surface area contributed by atoms with E-state index in [4.69, 9.17) is 9.47 Å². The number of nitrogens with zero attached hydrogens (tertiary/aromatic N) is 2. The zero-order valence-electron chi connectivity index (χ0n) is 23.7. The molecule has 2 N–H and O–H groups in total. The third-order valence-corrected chi connectivity index (χ3v) is 7.55. The van der Waals surface area contributed by atoms with E-state index >= 15 is 0 Å². The van der Waals surface area contributed by atoms with E-state index in [0.717, 1.165) is 24.2 Å². The summed E-state index contributed by atoms with van der Waals surface area (Å²) in [6.45, 7) is 15.4. The third-order valence-electron chi connectivity index (χ3n) is 7.55. The van der Waals surface area contributed by atoms with Crippen molar-refractivity contribution < 1.29 is 29.0 Å². The number of nitrogens with one attached hydrogen (secondary N) is 1. The molecule has 210 valence electrons. The largest absolute Gasteiger partial charge is 0.507 e. The van der Waals surface area contributed by atoms with Crippen molar-refractivity contribution in [3.63, 3.8) is 0 Å². The SMILES string of the molecule is CCOC(=O)c1[nH]c(C)c(/C(O)=C2\C(=O)C(=O)N(CCN3CCOCC3)C2c2ccc(C(C)(C)C)cc2)c1C. The van der Waals surface area contributed by atoms with Gasteiger partial charge in [-0.25, -0.2) is 4.79 Å². The fraction of sp³-hybridized carbons (Fsp3) is 0.500. The van der Waals surface area contributed by atoms with E-state index in [9.17, 15) is 19.5 Å². The number of aryl methyl sites for hydroxylation is 1. The maximum absolute atomic E-state index is 13.5. The molecular weight excluding hydrogens is 498 g/mol. The average molecular weight is 538 g/mol. The molecule has 1 aromatic carbocycles. The Bertz CT molecular complexity index is 1280. The molecule has 1 aromatic heterocycles. The Morgan fingerprint density at radius 1 is 1.10 bits per heavy atom. The van der Waals surface area contributed by atoms with Crippen LogP contribution in [-0.2, 0) is 24.5 Å². The first-order chi connectivity index (χ1) is 18.5.